The zero-order valence-corrected chi connectivity index (χ0v) is 11.5. The smallest absolute Gasteiger partial charge is 0.271 e. The number of hydrogen-bond donors (Lipinski definition) is 1. The van der Waals surface area contributed by atoms with Crippen molar-refractivity contribution in [1.29, 1.82) is 0 Å². The van der Waals surface area contributed by atoms with Gasteiger partial charge in [-0.1, -0.05) is 23.5 Å². The van der Waals surface area contributed by atoms with Gasteiger partial charge in [0.05, 0.1) is 5.69 Å². The minimum Gasteiger partial charge on any atom is -0.279 e. The SMILES string of the molecule is Cc1ccc(C)c(NS(=O)(=O)c2ccc(F)s2)c1. The number of nitrogens with one attached hydrogen (secondary N) is 1. The molecule has 0 aliphatic carbocycles. The van der Waals surface area contributed by atoms with Crippen LogP contribution in [0.15, 0.2) is 34.5 Å². The van der Waals surface area contributed by atoms with Crippen LogP contribution in [-0.2, 0) is 10.0 Å². The number of anilines is 1. The van der Waals surface area contributed by atoms with Crippen LogP contribution in [0.5, 0.6) is 0 Å². The fourth-order valence-corrected chi connectivity index (χ4v) is 3.61. The summed E-state index contributed by atoms with van der Waals surface area (Å²) in [5.41, 5.74) is 2.29. The highest BCUT2D eigenvalue weighted by Gasteiger charge is 2.17. The topological polar surface area (TPSA) is 46.2 Å². The van der Waals surface area contributed by atoms with Gasteiger partial charge in [0.1, 0.15) is 4.21 Å². The lowest BCUT2D eigenvalue weighted by Crippen LogP contribution is -2.12. The molecule has 0 radical (unpaired) electrons. The lowest BCUT2D eigenvalue weighted by molar-refractivity contribution is 0.603. The van der Waals surface area contributed by atoms with Crippen LogP contribution in [-0.4, -0.2) is 8.42 Å². The molecule has 0 fully saturated rings. The van der Waals surface area contributed by atoms with E-state index in [1.54, 1.807) is 6.07 Å². The molecule has 1 aromatic heterocycles. The fourth-order valence-electron chi connectivity index (χ4n) is 1.48. The summed E-state index contributed by atoms with van der Waals surface area (Å²) >= 11 is 0.607. The molecule has 0 unspecified atom stereocenters. The van der Waals surface area contributed by atoms with Gasteiger partial charge >= 0.3 is 0 Å². The van der Waals surface area contributed by atoms with Crippen molar-refractivity contribution in [2.45, 2.75) is 18.1 Å². The van der Waals surface area contributed by atoms with E-state index in [0.717, 1.165) is 17.2 Å². The van der Waals surface area contributed by atoms with Crippen LogP contribution in [0.1, 0.15) is 11.1 Å². The summed E-state index contributed by atoms with van der Waals surface area (Å²) in [6.07, 6.45) is 0. The molecule has 6 heteroatoms. The van der Waals surface area contributed by atoms with Gasteiger partial charge in [-0.2, -0.15) is 4.39 Å². The Morgan fingerprint density at radius 3 is 2.50 bits per heavy atom. The summed E-state index contributed by atoms with van der Waals surface area (Å²) < 4.78 is 39.3. The van der Waals surface area contributed by atoms with Crippen molar-refractivity contribution < 1.29 is 12.8 Å². The second kappa shape index (κ2) is 4.70. The predicted octanol–water partition coefficient (Wildman–Crippen LogP) is 3.30. The number of sulfonamides is 1. The van der Waals surface area contributed by atoms with Crippen molar-refractivity contribution in [2.24, 2.45) is 0 Å². The maximum Gasteiger partial charge on any atom is 0.271 e. The lowest BCUT2D eigenvalue weighted by atomic mass is 10.1. The molecular weight excluding hydrogens is 273 g/mol. The molecule has 18 heavy (non-hydrogen) atoms. The van der Waals surface area contributed by atoms with E-state index in [1.165, 1.54) is 6.07 Å². The van der Waals surface area contributed by atoms with Gasteiger partial charge in [0.15, 0.2) is 5.13 Å². The fraction of sp³-hybridized carbons (Fsp3) is 0.167. The number of benzene rings is 1. The Labute approximate surface area is 109 Å². The summed E-state index contributed by atoms with van der Waals surface area (Å²) in [6.45, 7) is 3.69. The van der Waals surface area contributed by atoms with Gasteiger partial charge in [0.2, 0.25) is 0 Å². The van der Waals surface area contributed by atoms with Gasteiger partial charge in [-0.05, 0) is 43.2 Å². The number of hydrogen-bond acceptors (Lipinski definition) is 3. The average molecular weight is 285 g/mol. The van der Waals surface area contributed by atoms with Crippen LogP contribution in [0, 0.1) is 19.0 Å². The van der Waals surface area contributed by atoms with Gasteiger partial charge in [-0.15, -0.1) is 0 Å². The molecule has 0 bridgehead atoms. The summed E-state index contributed by atoms with van der Waals surface area (Å²) in [4.78, 5) is 0. The van der Waals surface area contributed by atoms with Crippen molar-refractivity contribution in [2.75, 3.05) is 4.72 Å². The molecule has 2 rings (SSSR count). The number of halogens is 1. The summed E-state index contributed by atoms with van der Waals surface area (Å²) in [6, 6.07) is 7.88. The zero-order chi connectivity index (χ0) is 13.3. The lowest BCUT2D eigenvalue weighted by Gasteiger charge is -2.09. The summed E-state index contributed by atoms with van der Waals surface area (Å²) in [7, 11) is -3.70. The minimum atomic E-state index is -3.70. The Bertz CT molecular complexity index is 677. The highest BCUT2D eigenvalue weighted by Crippen LogP contribution is 2.25. The van der Waals surface area contributed by atoms with Gasteiger partial charge < -0.3 is 0 Å². The Kier molecular flexibility index (Phi) is 3.41. The molecule has 1 heterocycles. The predicted molar refractivity (Wildman–Crippen MR) is 71.0 cm³/mol. The van der Waals surface area contributed by atoms with Crippen molar-refractivity contribution >= 4 is 27.0 Å². The molecule has 0 spiro atoms. The number of thiophene rings is 1. The standard InChI is InChI=1S/C12H12FNO2S2/c1-8-3-4-9(2)10(7-8)14-18(15,16)12-6-5-11(13)17-12/h3-7,14H,1-2H3. The number of aryl methyl sites for hydroxylation is 2. The van der Waals surface area contributed by atoms with Crippen molar-refractivity contribution in [3.8, 4) is 0 Å². The van der Waals surface area contributed by atoms with Crippen LogP contribution < -0.4 is 4.72 Å². The zero-order valence-electron chi connectivity index (χ0n) is 9.90. The Balaban J connectivity index is 2.36. The Hall–Kier alpha value is -1.40. The van der Waals surface area contributed by atoms with E-state index in [2.05, 4.69) is 4.72 Å². The average Bonchev–Trinajstić information content (AvgIpc) is 2.71. The van der Waals surface area contributed by atoms with Crippen LogP contribution in [0.2, 0.25) is 0 Å². The molecule has 2 aromatic rings. The first kappa shape index (κ1) is 13.0. The molecular formula is C12H12FNO2S2. The van der Waals surface area contributed by atoms with Crippen molar-refractivity contribution in [1.82, 2.24) is 0 Å². The molecule has 1 aromatic carbocycles. The van der Waals surface area contributed by atoms with E-state index in [-0.39, 0.29) is 4.21 Å². The molecule has 0 aliphatic rings. The maximum absolute atomic E-state index is 12.9. The van der Waals surface area contributed by atoms with E-state index in [9.17, 15) is 12.8 Å². The Morgan fingerprint density at radius 2 is 1.89 bits per heavy atom. The van der Waals surface area contributed by atoms with E-state index in [0.29, 0.717) is 17.0 Å². The van der Waals surface area contributed by atoms with E-state index in [1.807, 2.05) is 26.0 Å². The summed E-state index contributed by atoms with van der Waals surface area (Å²) in [5.74, 6) is 0. The van der Waals surface area contributed by atoms with Gasteiger partial charge in [-0.25, -0.2) is 8.42 Å². The van der Waals surface area contributed by atoms with Gasteiger partial charge in [0, 0.05) is 0 Å². The first-order valence-corrected chi connectivity index (χ1v) is 7.54. The van der Waals surface area contributed by atoms with E-state index in [4.69, 9.17) is 0 Å². The van der Waals surface area contributed by atoms with Crippen LogP contribution >= 0.6 is 11.3 Å². The summed E-state index contributed by atoms with van der Waals surface area (Å²) in [5, 5.41) is -0.517. The monoisotopic (exact) mass is 285 g/mol. The highest BCUT2D eigenvalue weighted by atomic mass is 32.2. The molecule has 0 saturated heterocycles. The van der Waals surface area contributed by atoms with Gasteiger partial charge in [0.25, 0.3) is 10.0 Å². The van der Waals surface area contributed by atoms with Crippen molar-refractivity contribution in [3.63, 3.8) is 0 Å². The first-order valence-electron chi connectivity index (χ1n) is 5.24. The number of rotatable bonds is 3. The molecule has 1 N–H and O–H groups in total. The third-order valence-corrected chi connectivity index (χ3v) is 5.18. The van der Waals surface area contributed by atoms with Crippen molar-refractivity contribution in [3.05, 3.63) is 46.6 Å². The molecule has 0 atom stereocenters. The molecule has 0 aliphatic heterocycles. The minimum absolute atomic E-state index is 0.0269. The van der Waals surface area contributed by atoms with Crippen LogP contribution in [0.4, 0.5) is 10.1 Å². The second-order valence-corrected chi connectivity index (χ2v) is 6.93. The quantitative estimate of drug-likeness (QED) is 0.940. The van der Waals surface area contributed by atoms with E-state index >= 15 is 0 Å². The largest absolute Gasteiger partial charge is 0.279 e. The third kappa shape index (κ3) is 2.70. The van der Waals surface area contributed by atoms with Gasteiger partial charge in [-0.3, -0.25) is 4.72 Å². The molecule has 0 saturated carbocycles. The second-order valence-electron chi connectivity index (χ2n) is 3.98. The van der Waals surface area contributed by atoms with E-state index < -0.39 is 15.2 Å². The molecule has 3 nitrogen and oxygen atoms in total. The van der Waals surface area contributed by atoms with Crippen LogP contribution in [0.25, 0.3) is 0 Å². The molecule has 96 valence electrons. The first-order chi connectivity index (χ1) is 8.38. The Morgan fingerprint density at radius 1 is 1.17 bits per heavy atom. The highest BCUT2D eigenvalue weighted by molar-refractivity contribution is 7.94. The molecule has 0 amide bonds. The van der Waals surface area contributed by atoms with Crippen LogP contribution in [0.3, 0.4) is 0 Å². The normalized spacial score (nSPS) is 11.5. The maximum atomic E-state index is 12.9. The third-order valence-electron chi connectivity index (χ3n) is 2.45.